The molecule has 3 aromatic carbocycles. The summed E-state index contributed by atoms with van der Waals surface area (Å²) in [5.74, 6) is 1.71. The van der Waals surface area contributed by atoms with Crippen LogP contribution in [0.25, 0.3) is 22.6 Å². The van der Waals surface area contributed by atoms with Crippen molar-refractivity contribution in [1.82, 2.24) is 4.98 Å². The summed E-state index contributed by atoms with van der Waals surface area (Å²) in [6.45, 7) is 0. The molecule has 0 saturated heterocycles. The quantitative estimate of drug-likeness (QED) is 0.545. The molecule has 140 valence electrons. The molecular weight excluding hydrogens is 356 g/mol. The van der Waals surface area contributed by atoms with E-state index >= 15 is 0 Å². The predicted octanol–water partition coefficient (Wildman–Crippen LogP) is 4.76. The third-order valence-corrected chi connectivity index (χ3v) is 4.32. The Labute approximate surface area is 161 Å². The highest BCUT2D eigenvalue weighted by atomic mass is 16.5. The van der Waals surface area contributed by atoms with E-state index in [1.54, 1.807) is 50.6 Å². The van der Waals surface area contributed by atoms with Gasteiger partial charge in [-0.3, -0.25) is 4.79 Å². The van der Waals surface area contributed by atoms with Crippen molar-refractivity contribution in [3.63, 3.8) is 0 Å². The molecule has 1 heterocycles. The van der Waals surface area contributed by atoms with Gasteiger partial charge in [0.2, 0.25) is 5.89 Å². The van der Waals surface area contributed by atoms with E-state index in [0.717, 1.165) is 11.3 Å². The van der Waals surface area contributed by atoms with Crippen molar-refractivity contribution >= 4 is 22.7 Å². The number of nitrogens with zero attached hydrogens (tertiary/aromatic N) is 1. The number of anilines is 1. The van der Waals surface area contributed by atoms with Crippen molar-refractivity contribution in [3.05, 3.63) is 72.3 Å². The maximum atomic E-state index is 12.4. The summed E-state index contributed by atoms with van der Waals surface area (Å²) in [4.78, 5) is 16.9. The molecule has 6 heteroatoms. The first-order chi connectivity index (χ1) is 13.7. The Kier molecular flexibility index (Phi) is 4.68. The Balaban J connectivity index is 1.58. The lowest BCUT2D eigenvalue weighted by atomic mass is 10.2. The zero-order valence-electron chi connectivity index (χ0n) is 15.4. The van der Waals surface area contributed by atoms with Crippen LogP contribution in [0, 0.1) is 0 Å². The van der Waals surface area contributed by atoms with Gasteiger partial charge in [0, 0.05) is 22.9 Å². The second kappa shape index (κ2) is 7.44. The molecule has 0 bridgehead atoms. The van der Waals surface area contributed by atoms with Crippen LogP contribution in [0.15, 0.2) is 71.1 Å². The highest BCUT2D eigenvalue weighted by Gasteiger charge is 2.11. The second-order valence-corrected chi connectivity index (χ2v) is 6.12. The summed E-state index contributed by atoms with van der Waals surface area (Å²) < 4.78 is 16.2. The zero-order valence-corrected chi connectivity index (χ0v) is 15.4. The number of hydrogen-bond acceptors (Lipinski definition) is 5. The average Bonchev–Trinajstić information content (AvgIpc) is 3.17. The molecule has 1 amide bonds. The summed E-state index contributed by atoms with van der Waals surface area (Å²) in [5, 5.41) is 2.87. The van der Waals surface area contributed by atoms with Crippen LogP contribution in [-0.4, -0.2) is 25.1 Å². The van der Waals surface area contributed by atoms with Gasteiger partial charge in [-0.1, -0.05) is 6.07 Å². The Morgan fingerprint density at radius 1 is 0.929 bits per heavy atom. The number of benzene rings is 3. The van der Waals surface area contributed by atoms with Gasteiger partial charge in [-0.2, -0.15) is 0 Å². The van der Waals surface area contributed by atoms with Gasteiger partial charge in [0.1, 0.15) is 17.0 Å². The number of aromatic nitrogens is 1. The largest absolute Gasteiger partial charge is 0.497 e. The molecule has 28 heavy (non-hydrogen) atoms. The summed E-state index contributed by atoms with van der Waals surface area (Å²) >= 11 is 0. The maximum absolute atomic E-state index is 12.4. The lowest BCUT2D eigenvalue weighted by Gasteiger charge is -2.06. The second-order valence-electron chi connectivity index (χ2n) is 6.12. The molecule has 4 aromatic rings. The Morgan fingerprint density at radius 2 is 1.71 bits per heavy atom. The van der Waals surface area contributed by atoms with Crippen molar-refractivity contribution in [3.8, 4) is 23.0 Å². The first kappa shape index (κ1) is 17.6. The molecule has 1 aromatic heterocycles. The van der Waals surface area contributed by atoms with Crippen molar-refractivity contribution in [2.75, 3.05) is 19.5 Å². The summed E-state index contributed by atoms with van der Waals surface area (Å²) in [7, 11) is 3.20. The SMILES string of the molecule is COc1ccc(C(=O)Nc2ccc3nc(-c4cccc(OC)c4)oc3c2)cc1. The monoisotopic (exact) mass is 374 g/mol. The van der Waals surface area contributed by atoms with Crippen molar-refractivity contribution in [2.24, 2.45) is 0 Å². The van der Waals surface area contributed by atoms with Crippen LogP contribution in [0.1, 0.15) is 10.4 Å². The van der Waals surface area contributed by atoms with E-state index < -0.39 is 0 Å². The molecule has 0 unspecified atom stereocenters. The van der Waals surface area contributed by atoms with Crippen LogP contribution in [0.3, 0.4) is 0 Å². The van der Waals surface area contributed by atoms with Crippen LogP contribution in [0.5, 0.6) is 11.5 Å². The molecule has 0 aliphatic carbocycles. The minimum atomic E-state index is -0.213. The minimum Gasteiger partial charge on any atom is -0.497 e. The highest BCUT2D eigenvalue weighted by Crippen LogP contribution is 2.28. The average molecular weight is 374 g/mol. The van der Waals surface area contributed by atoms with Crippen LogP contribution < -0.4 is 14.8 Å². The van der Waals surface area contributed by atoms with E-state index in [2.05, 4.69) is 10.3 Å². The fourth-order valence-corrected chi connectivity index (χ4v) is 2.83. The lowest BCUT2D eigenvalue weighted by Crippen LogP contribution is -2.11. The van der Waals surface area contributed by atoms with Crippen LogP contribution >= 0.6 is 0 Å². The van der Waals surface area contributed by atoms with Crippen molar-refractivity contribution in [2.45, 2.75) is 0 Å². The van der Waals surface area contributed by atoms with Crippen molar-refractivity contribution < 1.29 is 18.7 Å². The number of ether oxygens (including phenoxy) is 2. The van der Waals surface area contributed by atoms with Gasteiger partial charge >= 0.3 is 0 Å². The maximum Gasteiger partial charge on any atom is 0.255 e. The molecule has 4 rings (SSSR count). The molecular formula is C22H18N2O4. The van der Waals surface area contributed by atoms with Gasteiger partial charge < -0.3 is 19.2 Å². The first-order valence-corrected chi connectivity index (χ1v) is 8.67. The van der Waals surface area contributed by atoms with Crippen LogP contribution in [0.4, 0.5) is 5.69 Å². The molecule has 6 nitrogen and oxygen atoms in total. The summed E-state index contributed by atoms with van der Waals surface area (Å²) in [6.07, 6.45) is 0. The fraction of sp³-hybridized carbons (Fsp3) is 0.0909. The number of amides is 1. The number of carbonyl (C=O) groups is 1. The Bertz CT molecular complexity index is 1130. The predicted molar refractivity (Wildman–Crippen MR) is 107 cm³/mol. The smallest absolute Gasteiger partial charge is 0.255 e. The van der Waals surface area contributed by atoms with E-state index in [1.165, 1.54) is 0 Å². The first-order valence-electron chi connectivity index (χ1n) is 8.67. The minimum absolute atomic E-state index is 0.213. The third kappa shape index (κ3) is 3.53. The highest BCUT2D eigenvalue weighted by molar-refractivity contribution is 6.05. The number of carbonyl (C=O) groups excluding carboxylic acids is 1. The van der Waals surface area contributed by atoms with Gasteiger partial charge in [0.15, 0.2) is 5.58 Å². The van der Waals surface area contributed by atoms with Gasteiger partial charge in [0.25, 0.3) is 5.91 Å². The number of fused-ring (bicyclic) bond motifs is 1. The molecule has 0 saturated carbocycles. The van der Waals surface area contributed by atoms with E-state index in [4.69, 9.17) is 13.9 Å². The number of nitrogens with one attached hydrogen (secondary N) is 1. The standard InChI is InChI=1S/C22H18N2O4/c1-26-17-9-6-14(7-10-17)21(25)23-16-8-11-19-20(13-16)28-22(24-19)15-4-3-5-18(12-15)27-2/h3-13H,1-2H3,(H,23,25). The molecule has 0 radical (unpaired) electrons. The van der Waals surface area contributed by atoms with Gasteiger partial charge in [-0.05, 0) is 54.6 Å². The van der Waals surface area contributed by atoms with E-state index in [1.807, 2.05) is 30.3 Å². The van der Waals surface area contributed by atoms with Crippen LogP contribution in [0.2, 0.25) is 0 Å². The molecule has 0 atom stereocenters. The lowest BCUT2D eigenvalue weighted by molar-refractivity contribution is 0.102. The summed E-state index contributed by atoms with van der Waals surface area (Å²) in [6, 6.07) is 19.8. The normalized spacial score (nSPS) is 10.6. The molecule has 0 aliphatic heterocycles. The van der Waals surface area contributed by atoms with E-state index in [0.29, 0.717) is 34.0 Å². The van der Waals surface area contributed by atoms with Crippen LogP contribution in [-0.2, 0) is 0 Å². The fourth-order valence-electron chi connectivity index (χ4n) is 2.83. The van der Waals surface area contributed by atoms with Gasteiger partial charge in [-0.25, -0.2) is 4.98 Å². The summed E-state index contributed by atoms with van der Waals surface area (Å²) in [5.41, 5.74) is 3.28. The van der Waals surface area contributed by atoms with Gasteiger partial charge in [0.05, 0.1) is 14.2 Å². The third-order valence-electron chi connectivity index (χ3n) is 4.32. The van der Waals surface area contributed by atoms with E-state index in [9.17, 15) is 4.79 Å². The number of methoxy groups -OCH3 is 2. The Morgan fingerprint density at radius 3 is 2.46 bits per heavy atom. The molecule has 1 N–H and O–H groups in total. The Hall–Kier alpha value is -3.80. The molecule has 0 fully saturated rings. The number of rotatable bonds is 5. The van der Waals surface area contributed by atoms with Gasteiger partial charge in [-0.15, -0.1) is 0 Å². The molecule has 0 spiro atoms. The number of oxazole rings is 1. The number of hydrogen-bond donors (Lipinski definition) is 1. The topological polar surface area (TPSA) is 73.6 Å². The van der Waals surface area contributed by atoms with E-state index in [-0.39, 0.29) is 5.91 Å². The zero-order chi connectivity index (χ0) is 19.5. The van der Waals surface area contributed by atoms with Crippen molar-refractivity contribution in [1.29, 1.82) is 0 Å². The molecule has 0 aliphatic rings.